The molecule has 6 nitrogen and oxygen atoms in total. The molecule has 1 aliphatic rings. The van der Waals surface area contributed by atoms with Gasteiger partial charge in [-0.3, -0.25) is 9.52 Å². The predicted molar refractivity (Wildman–Crippen MR) is 114 cm³/mol. The number of nitrogens with one attached hydrogen (secondary N) is 2. The van der Waals surface area contributed by atoms with E-state index in [9.17, 15) is 13.2 Å². The zero-order valence-electron chi connectivity index (χ0n) is 16.2. The Morgan fingerprint density at radius 1 is 1.14 bits per heavy atom. The first kappa shape index (κ1) is 22.2. The Morgan fingerprint density at radius 3 is 2.43 bits per heavy atom. The van der Waals surface area contributed by atoms with Gasteiger partial charge in [0.1, 0.15) is 0 Å². The van der Waals surface area contributed by atoms with Crippen LogP contribution in [0.2, 0.25) is 0 Å². The van der Waals surface area contributed by atoms with Gasteiger partial charge in [-0.2, -0.15) is 0 Å². The molecule has 152 valence electrons. The number of benzene rings is 2. The average Bonchev–Trinajstić information content (AvgIpc) is 3.17. The zero-order valence-corrected chi connectivity index (χ0v) is 17.9. The summed E-state index contributed by atoms with van der Waals surface area (Å²) in [6, 6.07) is 12.1. The smallest absolute Gasteiger partial charge is 0.262 e. The Bertz CT molecular complexity index is 940. The number of amides is 1. The lowest BCUT2D eigenvalue weighted by Crippen LogP contribution is -2.38. The minimum Gasteiger partial charge on any atom is -0.337 e. The molecular formula is C20H26ClN3O3S. The number of likely N-dealkylation sites (N-methyl/N-ethyl adjacent to an activating group) is 1. The van der Waals surface area contributed by atoms with E-state index in [1.807, 2.05) is 13.0 Å². The minimum absolute atomic E-state index is 0. The number of hydrogen-bond donors (Lipinski definition) is 2. The number of sulfonamides is 1. The lowest BCUT2D eigenvalue weighted by atomic mass is 10.1. The van der Waals surface area contributed by atoms with Crippen LogP contribution in [0.3, 0.4) is 0 Å². The molecule has 0 aliphatic carbocycles. The van der Waals surface area contributed by atoms with E-state index in [4.69, 9.17) is 0 Å². The molecule has 1 fully saturated rings. The summed E-state index contributed by atoms with van der Waals surface area (Å²) in [6.45, 7) is 5.34. The Hall–Kier alpha value is -2.09. The van der Waals surface area contributed by atoms with Gasteiger partial charge in [0.15, 0.2) is 0 Å². The van der Waals surface area contributed by atoms with Crippen LogP contribution in [0.4, 0.5) is 5.69 Å². The maximum atomic E-state index is 12.7. The van der Waals surface area contributed by atoms with Crippen LogP contribution in [0.25, 0.3) is 0 Å². The van der Waals surface area contributed by atoms with Crippen molar-refractivity contribution < 1.29 is 13.2 Å². The van der Waals surface area contributed by atoms with Crippen molar-refractivity contribution in [1.82, 2.24) is 10.2 Å². The van der Waals surface area contributed by atoms with Gasteiger partial charge in [-0.05, 0) is 68.3 Å². The van der Waals surface area contributed by atoms with E-state index in [0.717, 1.165) is 25.1 Å². The maximum Gasteiger partial charge on any atom is 0.262 e. The highest BCUT2D eigenvalue weighted by Crippen LogP contribution is 2.21. The fourth-order valence-electron chi connectivity index (χ4n) is 3.23. The molecule has 8 heteroatoms. The van der Waals surface area contributed by atoms with Crippen LogP contribution in [0.5, 0.6) is 0 Å². The van der Waals surface area contributed by atoms with Gasteiger partial charge in [-0.25, -0.2) is 8.42 Å². The molecule has 0 bridgehead atoms. The van der Waals surface area contributed by atoms with Crippen LogP contribution in [0.1, 0.15) is 27.9 Å². The molecule has 1 unspecified atom stereocenters. The van der Waals surface area contributed by atoms with Gasteiger partial charge in [-0.1, -0.05) is 12.1 Å². The Kier molecular flexibility index (Phi) is 7.09. The second-order valence-corrected chi connectivity index (χ2v) is 8.67. The van der Waals surface area contributed by atoms with Crippen LogP contribution in [0, 0.1) is 13.8 Å². The standard InChI is InChI=1S/C20H25N3O3S.ClH/c1-14-4-5-15(2)19(12-14)27(25,26)22-17-8-6-16(7-9-17)20(24)23(3)18-10-11-21-13-18;/h4-9,12,18,21-22H,10-11,13H2,1-3H3;1H. The molecule has 2 aromatic rings. The lowest BCUT2D eigenvalue weighted by molar-refractivity contribution is 0.0744. The summed E-state index contributed by atoms with van der Waals surface area (Å²) in [7, 11) is -1.88. The van der Waals surface area contributed by atoms with E-state index < -0.39 is 10.0 Å². The van der Waals surface area contributed by atoms with Crippen molar-refractivity contribution in [3.63, 3.8) is 0 Å². The monoisotopic (exact) mass is 423 g/mol. The van der Waals surface area contributed by atoms with Crippen molar-refractivity contribution in [2.24, 2.45) is 0 Å². The summed E-state index contributed by atoms with van der Waals surface area (Å²) in [6.07, 6.45) is 0.940. The number of carbonyl (C=O) groups is 1. The van der Waals surface area contributed by atoms with E-state index in [2.05, 4.69) is 10.0 Å². The number of carbonyl (C=O) groups excluding carboxylic acids is 1. The van der Waals surface area contributed by atoms with Crippen LogP contribution >= 0.6 is 12.4 Å². The highest BCUT2D eigenvalue weighted by Gasteiger charge is 2.24. The summed E-state index contributed by atoms with van der Waals surface area (Å²) >= 11 is 0. The summed E-state index contributed by atoms with van der Waals surface area (Å²) in [5.74, 6) is -0.0624. The topological polar surface area (TPSA) is 78.5 Å². The molecule has 0 spiro atoms. The summed E-state index contributed by atoms with van der Waals surface area (Å²) < 4.78 is 28.0. The second kappa shape index (κ2) is 8.94. The highest BCUT2D eigenvalue weighted by atomic mass is 35.5. The first-order chi connectivity index (χ1) is 12.8. The fraction of sp³-hybridized carbons (Fsp3) is 0.350. The van der Waals surface area contributed by atoms with E-state index in [1.165, 1.54) is 0 Å². The molecule has 2 N–H and O–H groups in total. The fourth-order valence-corrected chi connectivity index (χ4v) is 4.62. The molecule has 28 heavy (non-hydrogen) atoms. The number of rotatable bonds is 5. The van der Waals surface area contributed by atoms with Crippen LogP contribution in [-0.4, -0.2) is 45.4 Å². The van der Waals surface area contributed by atoms with Gasteiger partial charge in [0.05, 0.1) is 4.90 Å². The van der Waals surface area contributed by atoms with Crippen LogP contribution in [-0.2, 0) is 10.0 Å². The average molecular weight is 424 g/mol. The van der Waals surface area contributed by atoms with Crippen molar-refractivity contribution in [3.8, 4) is 0 Å². The third kappa shape index (κ3) is 4.84. The molecule has 0 saturated carbocycles. The van der Waals surface area contributed by atoms with Gasteiger partial charge in [0.25, 0.3) is 15.9 Å². The molecule has 1 saturated heterocycles. The van der Waals surface area contributed by atoms with Crippen LogP contribution in [0.15, 0.2) is 47.4 Å². The van der Waals surface area contributed by atoms with Crippen molar-refractivity contribution in [1.29, 1.82) is 0 Å². The number of halogens is 1. The molecular weight excluding hydrogens is 398 g/mol. The molecule has 1 amide bonds. The second-order valence-electron chi connectivity index (χ2n) is 7.01. The molecule has 2 aromatic carbocycles. The third-order valence-electron chi connectivity index (χ3n) is 4.92. The zero-order chi connectivity index (χ0) is 19.6. The van der Waals surface area contributed by atoms with Gasteiger partial charge >= 0.3 is 0 Å². The SMILES string of the molecule is Cc1ccc(C)c(S(=O)(=O)Nc2ccc(C(=O)N(C)C3CCNC3)cc2)c1.Cl. The molecule has 3 rings (SSSR count). The van der Waals surface area contributed by atoms with E-state index in [1.54, 1.807) is 55.3 Å². The summed E-state index contributed by atoms with van der Waals surface area (Å²) in [5, 5.41) is 3.25. The van der Waals surface area contributed by atoms with E-state index in [0.29, 0.717) is 16.8 Å². The van der Waals surface area contributed by atoms with Gasteiger partial charge in [-0.15, -0.1) is 12.4 Å². The third-order valence-corrected chi connectivity index (χ3v) is 6.44. The molecule has 1 atom stereocenters. The van der Waals surface area contributed by atoms with E-state index in [-0.39, 0.29) is 29.3 Å². The van der Waals surface area contributed by atoms with Crippen molar-refractivity contribution >= 4 is 34.0 Å². The Morgan fingerprint density at radius 2 is 1.82 bits per heavy atom. The number of nitrogens with zero attached hydrogens (tertiary/aromatic N) is 1. The molecule has 0 radical (unpaired) electrons. The lowest BCUT2D eigenvalue weighted by Gasteiger charge is -2.23. The van der Waals surface area contributed by atoms with Crippen molar-refractivity contribution in [3.05, 3.63) is 59.2 Å². The van der Waals surface area contributed by atoms with Gasteiger partial charge < -0.3 is 10.2 Å². The first-order valence-electron chi connectivity index (χ1n) is 8.96. The van der Waals surface area contributed by atoms with Gasteiger partial charge in [0, 0.05) is 30.9 Å². The first-order valence-corrected chi connectivity index (χ1v) is 10.4. The quantitative estimate of drug-likeness (QED) is 0.774. The summed E-state index contributed by atoms with van der Waals surface area (Å²) in [4.78, 5) is 14.6. The normalized spacial score (nSPS) is 16.3. The molecule has 1 aliphatic heterocycles. The number of aryl methyl sites for hydroxylation is 2. The number of hydrogen-bond acceptors (Lipinski definition) is 4. The van der Waals surface area contributed by atoms with Crippen LogP contribution < -0.4 is 10.0 Å². The maximum absolute atomic E-state index is 12.7. The largest absolute Gasteiger partial charge is 0.337 e. The summed E-state index contributed by atoms with van der Waals surface area (Å²) in [5.41, 5.74) is 2.54. The van der Waals surface area contributed by atoms with Gasteiger partial charge in [0.2, 0.25) is 0 Å². The Balaban J connectivity index is 0.00000280. The Labute approximate surface area is 172 Å². The van der Waals surface area contributed by atoms with Crippen molar-refractivity contribution in [2.45, 2.75) is 31.2 Å². The predicted octanol–water partition coefficient (Wildman–Crippen LogP) is 2.96. The van der Waals surface area contributed by atoms with E-state index >= 15 is 0 Å². The minimum atomic E-state index is -3.68. The molecule has 1 heterocycles. The number of anilines is 1. The van der Waals surface area contributed by atoms with Crippen molar-refractivity contribution in [2.75, 3.05) is 24.9 Å². The highest BCUT2D eigenvalue weighted by molar-refractivity contribution is 7.92. The molecule has 0 aromatic heterocycles.